The maximum atomic E-state index is 11.4. The molecule has 0 rings (SSSR count). The molecule has 0 bridgehead atoms. The summed E-state index contributed by atoms with van der Waals surface area (Å²) in [6.07, 6.45) is 13.7. The summed E-state index contributed by atoms with van der Waals surface area (Å²) < 4.78 is 4.69. The lowest BCUT2D eigenvalue weighted by atomic mass is 9.95. The molecular weight excluding hydrogens is 308 g/mol. The number of hydrogen-bond acceptors (Lipinski definition) is 5. The van der Waals surface area contributed by atoms with Crippen LogP contribution < -0.4 is 11.5 Å². The number of ether oxygens (including phenoxy) is 1. The summed E-state index contributed by atoms with van der Waals surface area (Å²) in [5.41, 5.74) is 9.67. The molecule has 0 amide bonds. The van der Waals surface area contributed by atoms with E-state index in [-0.39, 0.29) is 12.5 Å². The summed E-state index contributed by atoms with van der Waals surface area (Å²) in [5, 5.41) is 7.60. The first-order valence-electron chi connectivity index (χ1n) is 9.11. The average Bonchev–Trinajstić information content (AvgIpc) is 2.56. The van der Waals surface area contributed by atoms with Gasteiger partial charge in [-0.05, 0) is 13.3 Å². The second-order valence-corrected chi connectivity index (χ2v) is 6.44. The lowest BCUT2D eigenvalue weighted by molar-refractivity contribution is -0.146. The van der Waals surface area contributed by atoms with Gasteiger partial charge >= 0.3 is 11.9 Å². The zero-order valence-electron chi connectivity index (χ0n) is 15.8. The quantitative estimate of drug-likeness (QED) is 0.348. The van der Waals surface area contributed by atoms with Crippen LogP contribution in [0.4, 0.5) is 0 Å². The number of unbranched alkanes of at least 4 members (excludes halogenated alkanes) is 9. The zero-order chi connectivity index (χ0) is 18.8. The van der Waals surface area contributed by atoms with Crippen molar-refractivity contribution in [3.05, 3.63) is 0 Å². The minimum Gasteiger partial charge on any atom is -0.480 e. The van der Waals surface area contributed by atoms with Crippen molar-refractivity contribution < 1.29 is 19.4 Å². The van der Waals surface area contributed by atoms with E-state index in [0.717, 1.165) is 12.8 Å². The van der Waals surface area contributed by atoms with Crippen molar-refractivity contribution in [2.24, 2.45) is 11.5 Å². The second-order valence-electron chi connectivity index (χ2n) is 6.44. The second kappa shape index (κ2) is 16.7. The van der Waals surface area contributed by atoms with Gasteiger partial charge in [0.2, 0.25) is 0 Å². The van der Waals surface area contributed by atoms with Crippen LogP contribution in [0.2, 0.25) is 0 Å². The highest BCUT2D eigenvalue weighted by Crippen LogP contribution is 2.16. The average molecular weight is 347 g/mol. The number of carbonyl (C=O) groups excluding carboxylic acids is 1. The van der Waals surface area contributed by atoms with Crippen LogP contribution in [0.3, 0.4) is 0 Å². The van der Waals surface area contributed by atoms with E-state index in [1.807, 2.05) is 0 Å². The molecule has 144 valence electrons. The van der Waals surface area contributed by atoms with E-state index in [4.69, 9.17) is 15.6 Å². The highest BCUT2D eigenvalue weighted by molar-refractivity contribution is 5.79. The van der Waals surface area contributed by atoms with Crippen LogP contribution in [0.15, 0.2) is 0 Å². The highest BCUT2D eigenvalue weighted by Gasteiger charge is 2.28. The third-order valence-electron chi connectivity index (χ3n) is 3.88. The molecule has 1 atom stereocenters. The number of nitrogens with two attached hydrogens (primary N) is 2. The normalized spacial score (nSPS) is 12.7. The molecule has 0 saturated carbocycles. The zero-order valence-corrected chi connectivity index (χ0v) is 15.8. The van der Waals surface area contributed by atoms with Crippen molar-refractivity contribution >= 4 is 11.9 Å². The number of rotatable bonds is 13. The van der Waals surface area contributed by atoms with E-state index < -0.39 is 11.5 Å². The Labute approximate surface area is 147 Å². The predicted molar refractivity (Wildman–Crippen MR) is 97.8 cm³/mol. The van der Waals surface area contributed by atoms with Crippen LogP contribution in [-0.2, 0) is 14.3 Å². The molecule has 0 aliphatic rings. The number of carboxylic acids is 1. The molecule has 0 fully saturated rings. The molecule has 0 aromatic carbocycles. The Morgan fingerprint density at radius 1 is 0.958 bits per heavy atom. The van der Waals surface area contributed by atoms with Crippen LogP contribution in [-0.4, -0.2) is 36.2 Å². The minimum absolute atomic E-state index is 0.278. The number of hydrogen-bond donors (Lipinski definition) is 3. The molecule has 6 nitrogen and oxygen atoms in total. The van der Waals surface area contributed by atoms with Gasteiger partial charge in [-0.25, -0.2) is 0 Å². The van der Waals surface area contributed by atoms with Gasteiger partial charge in [-0.1, -0.05) is 71.1 Å². The molecule has 1 unspecified atom stereocenters. The van der Waals surface area contributed by atoms with Gasteiger partial charge in [0, 0.05) is 0 Å². The summed E-state index contributed by atoms with van der Waals surface area (Å²) in [7, 11) is 1.39. The summed E-state index contributed by atoms with van der Waals surface area (Å²) >= 11 is 0. The van der Waals surface area contributed by atoms with Crippen molar-refractivity contribution in [3.63, 3.8) is 0 Å². The van der Waals surface area contributed by atoms with Gasteiger partial charge in [-0.15, -0.1) is 0 Å². The maximum absolute atomic E-state index is 11.4. The van der Waals surface area contributed by atoms with E-state index in [0.29, 0.717) is 0 Å². The molecule has 0 aliphatic heterocycles. The Bertz CT molecular complexity index is 320. The summed E-state index contributed by atoms with van der Waals surface area (Å²) in [5.74, 6) is -1.27. The molecule has 0 aromatic heterocycles. The third-order valence-corrected chi connectivity index (χ3v) is 3.88. The van der Waals surface area contributed by atoms with Crippen LogP contribution in [0.25, 0.3) is 0 Å². The van der Waals surface area contributed by atoms with Crippen molar-refractivity contribution in [1.82, 2.24) is 0 Å². The Kier molecular flexibility index (Phi) is 17.5. The topological polar surface area (TPSA) is 116 Å². The smallest absolute Gasteiger partial charge is 0.325 e. The summed E-state index contributed by atoms with van der Waals surface area (Å²) in [6, 6.07) is 0. The van der Waals surface area contributed by atoms with Crippen LogP contribution in [0, 0.1) is 0 Å². The fourth-order valence-electron chi connectivity index (χ4n) is 2.31. The monoisotopic (exact) mass is 346 g/mol. The first kappa shape index (κ1) is 25.1. The summed E-state index contributed by atoms with van der Waals surface area (Å²) in [4.78, 5) is 20.6. The van der Waals surface area contributed by atoms with Crippen LogP contribution in [0.5, 0.6) is 0 Å². The molecule has 5 N–H and O–H groups in total. The van der Waals surface area contributed by atoms with E-state index >= 15 is 0 Å². The lowest BCUT2D eigenvalue weighted by Crippen LogP contribution is -2.45. The third kappa shape index (κ3) is 17.2. The molecule has 0 saturated heterocycles. The molecular formula is C18H38N2O4. The van der Waals surface area contributed by atoms with Crippen molar-refractivity contribution in [2.75, 3.05) is 13.7 Å². The van der Waals surface area contributed by atoms with Gasteiger partial charge < -0.3 is 21.3 Å². The Morgan fingerprint density at radius 2 is 1.33 bits per heavy atom. The number of esters is 1. The molecule has 0 spiro atoms. The molecule has 0 aromatic rings. The van der Waals surface area contributed by atoms with Crippen LogP contribution in [0.1, 0.15) is 84.5 Å². The summed E-state index contributed by atoms with van der Waals surface area (Å²) in [6.45, 7) is 3.73. The molecule has 0 aliphatic carbocycles. The molecule has 0 heterocycles. The molecule has 24 heavy (non-hydrogen) atoms. The van der Waals surface area contributed by atoms with Gasteiger partial charge in [0.15, 0.2) is 0 Å². The van der Waals surface area contributed by atoms with Crippen molar-refractivity contribution in [2.45, 2.75) is 90.0 Å². The van der Waals surface area contributed by atoms with E-state index in [1.54, 1.807) is 6.92 Å². The van der Waals surface area contributed by atoms with Gasteiger partial charge in [-0.2, -0.15) is 0 Å². The molecule has 6 heteroatoms. The van der Waals surface area contributed by atoms with Gasteiger partial charge in [0.05, 0.1) is 13.7 Å². The SMILES string of the molecule is CCCCCCCCCCCCC(C)(N)C(=O)OC.NCC(=O)O. The van der Waals surface area contributed by atoms with Crippen molar-refractivity contribution in [1.29, 1.82) is 0 Å². The first-order valence-corrected chi connectivity index (χ1v) is 9.11. The van der Waals surface area contributed by atoms with E-state index in [2.05, 4.69) is 12.7 Å². The number of carbonyl (C=O) groups is 2. The van der Waals surface area contributed by atoms with Gasteiger partial charge in [-0.3, -0.25) is 9.59 Å². The largest absolute Gasteiger partial charge is 0.480 e. The van der Waals surface area contributed by atoms with Crippen molar-refractivity contribution in [3.8, 4) is 0 Å². The van der Waals surface area contributed by atoms with Crippen LogP contribution >= 0.6 is 0 Å². The highest BCUT2D eigenvalue weighted by atomic mass is 16.5. The number of aliphatic carboxylic acids is 1. The Balaban J connectivity index is 0. The Hall–Kier alpha value is -1.14. The van der Waals surface area contributed by atoms with E-state index in [1.165, 1.54) is 64.9 Å². The standard InChI is InChI=1S/C16H33NO2.C2H5NO2/c1-4-5-6-7-8-9-10-11-12-13-14-16(2,17)15(18)19-3;3-1-2(4)5/h4-14,17H2,1-3H3;1,3H2,(H,4,5). The number of carboxylic acid groups (broad SMARTS) is 1. The number of methoxy groups -OCH3 is 1. The predicted octanol–water partition coefficient (Wildman–Crippen LogP) is 3.22. The minimum atomic E-state index is -0.968. The van der Waals surface area contributed by atoms with Gasteiger partial charge in [0.1, 0.15) is 5.54 Å². The fraction of sp³-hybridized carbons (Fsp3) is 0.889. The maximum Gasteiger partial charge on any atom is 0.325 e. The van der Waals surface area contributed by atoms with E-state index in [9.17, 15) is 9.59 Å². The molecule has 0 radical (unpaired) electrons. The lowest BCUT2D eigenvalue weighted by Gasteiger charge is -2.20. The first-order chi connectivity index (χ1) is 11.3. The fourth-order valence-corrected chi connectivity index (χ4v) is 2.31. The Morgan fingerprint density at radius 3 is 1.67 bits per heavy atom. The van der Waals surface area contributed by atoms with Gasteiger partial charge in [0.25, 0.3) is 0 Å².